The van der Waals surface area contributed by atoms with Crippen molar-refractivity contribution in [2.45, 2.75) is 30.3 Å². The molecule has 2 heterocycles. The number of rotatable bonds is 6. The van der Waals surface area contributed by atoms with Crippen LogP contribution in [0.4, 0.5) is 0 Å². The van der Waals surface area contributed by atoms with Crippen molar-refractivity contribution >= 4 is 11.8 Å². The molecular weight excluding hydrogens is 360 g/mol. The zero-order chi connectivity index (χ0) is 18.8. The van der Waals surface area contributed by atoms with Gasteiger partial charge in [-0.3, -0.25) is 0 Å². The molecule has 3 aromatic rings. The number of nitrogens with one attached hydrogen (secondary N) is 1. The third kappa shape index (κ3) is 3.23. The monoisotopic (exact) mass is 382 g/mol. The maximum atomic E-state index is 5.65. The molecule has 2 aromatic carbocycles. The van der Waals surface area contributed by atoms with Crippen LogP contribution in [0.3, 0.4) is 0 Å². The van der Waals surface area contributed by atoms with Crippen molar-refractivity contribution in [3.05, 3.63) is 53.6 Å². The minimum absolute atomic E-state index is 0.00516. The van der Waals surface area contributed by atoms with Crippen LogP contribution in [0.1, 0.15) is 29.8 Å². The summed E-state index contributed by atoms with van der Waals surface area (Å²) in [5.74, 6) is 2.48. The largest absolute Gasteiger partial charge is 0.496 e. The van der Waals surface area contributed by atoms with Crippen molar-refractivity contribution in [3.63, 3.8) is 0 Å². The highest BCUT2D eigenvalue weighted by Gasteiger charge is 2.30. The van der Waals surface area contributed by atoms with Gasteiger partial charge < -0.3 is 14.9 Å². The summed E-state index contributed by atoms with van der Waals surface area (Å²) >= 11 is 1.63. The first kappa shape index (κ1) is 17.7. The van der Waals surface area contributed by atoms with E-state index < -0.39 is 0 Å². The summed E-state index contributed by atoms with van der Waals surface area (Å²) < 4.78 is 13.1. The first-order valence-electron chi connectivity index (χ1n) is 8.94. The minimum atomic E-state index is -0.00516. The third-order valence-corrected chi connectivity index (χ3v) is 5.64. The van der Waals surface area contributed by atoms with Gasteiger partial charge in [-0.15, -0.1) is 10.2 Å². The molecule has 4 rings (SSSR count). The second kappa shape index (κ2) is 7.52. The maximum Gasteiger partial charge on any atom is 0.212 e. The molecule has 1 aliphatic heterocycles. The first-order chi connectivity index (χ1) is 13.2. The van der Waals surface area contributed by atoms with Crippen LogP contribution in [0.5, 0.6) is 11.5 Å². The summed E-state index contributed by atoms with van der Waals surface area (Å²) in [4.78, 5) is 0. The number of benzene rings is 2. The van der Waals surface area contributed by atoms with Gasteiger partial charge in [0, 0.05) is 17.2 Å². The van der Waals surface area contributed by atoms with Crippen LogP contribution in [-0.4, -0.2) is 29.1 Å². The lowest BCUT2D eigenvalue weighted by Gasteiger charge is -2.19. The Hall–Kier alpha value is -2.67. The van der Waals surface area contributed by atoms with Gasteiger partial charge in [-0.2, -0.15) is 0 Å². The van der Waals surface area contributed by atoms with Gasteiger partial charge in [0.2, 0.25) is 5.16 Å². The number of hydrogen-bond acceptors (Lipinski definition) is 6. The Kier molecular flexibility index (Phi) is 4.94. The number of thioether (sulfide) groups is 1. The molecule has 0 aliphatic carbocycles. The van der Waals surface area contributed by atoms with Gasteiger partial charge in [-0.05, 0) is 18.1 Å². The highest BCUT2D eigenvalue weighted by molar-refractivity contribution is 7.99. The summed E-state index contributed by atoms with van der Waals surface area (Å²) in [6.45, 7) is 2.17. The molecule has 0 spiro atoms. The van der Waals surface area contributed by atoms with Crippen LogP contribution in [0.15, 0.2) is 47.6 Å². The van der Waals surface area contributed by atoms with Crippen molar-refractivity contribution in [1.29, 1.82) is 0 Å². The highest BCUT2D eigenvalue weighted by Crippen LogP contribution is 2.45. The Bertz CT molecular complexity index is 943. The van der Waals surface area contributed by atoms with E-state index in [9.17, 15) is 0 Å². The molecule has 0 saturated heterocycles. The first-order valence-corrected chi connectivity index (χ1v) is 9.82. The number of fused-ring (bicyclic) bond motifs is 1. The number of methoxy groups -OCH3 is 2. The molecule has 0 fully saturated rings. The Morgan fingerprint density at radius 3 is 2.56 bits per heavy atom. The average Bonchev–Trinajstić information content (AvgIpc) is 3.29. The number of aryl methyl sites for hydroxylation is 1. The molecular formula is C20H22N4O2S. The molecule has 1 N–H and O–H groups in total. The molecule has 0 bridgehead atoms. The lowest BCUT2D eigenvalue weighted by atomic mass is 10.0. The fourth-order valence-corrected chi connectivity index (χ4v) is 4.29. The number of nitrogens with zero attached hydrogens (tertiary/aromatic N) is 3. The van der Waals surface area contributed by atoms with Crippen LogP contribution in [-0.2, 0) is 6.42 Å². The smallest absolute Gasteiger partial charge is 0.212 e. The fourth-order valence-electron chi connectivity index (χ4n) is 3.28. The fraction of sp³-hybridized carbons (Fsp3) is 0.300. The van der Waals surface area contributed by atoms with Gasteiger partial charge in [0.05, 0.1) is 14.2 Å². The predicted molar refractivity (Wildman–Crippen MR) is 107 cm³/mol. The molecule has 6 nitrogen and oxygen atoms in total. The average molecular weight is 382 g/mol. The van der Waals surface area contributed by atoms with Gasteiger partial charge in [0.1, 0.15) is 16.9 Å². The number of ether oxygens (including phenoxy) is 2. The lowest BCUT2D eigenvalue weighted by molar-refractivity contribution is 0.387. The summed E-state index contributed by atoms with van der Waals surface area (Å²) in [5, 5.41) is 9.51. The summed E-state index contributed by atoms with van der Waals surface area (Å²) in [7, 11) is 3.39. The highest BCUT2D eigenvalue weighted by atomic mass is 32.2. The number of aromatic nitrogens is 3. The topological polar surface area (TPSA) is 61.2 Å². The van der Waals surface area contributed by atoms with Crippen molar-refractivity contribution in [2.24, 2.45) is 0 Å². The van der Waals surface area contributed by atoms with Gasteiger partial charge >= 0.3 is 0 Å². The Morgan fingerprint density at radius 2 is 1.85 bits per heavy atom. The quantitative estimate of drug-likeness (QED) is 0.687. The Balaban J connectivity index is 1.69. The van der Waals surface area contributed by atoms with Crippen LogP contribution < -0.4 is 14.9 Å². The van der Waals surface area contributed by atoms with Crippen LogP contribution in [0.2, 0.25) is 0 Å². The van der Waals surface area contributed by atoms with Crippen LogP contribution in [0, 0.1) is 0 Å². The third-order valence-electron chi connectivity index (χ3n) is 4.57. The van der Waals surface area contributed by atoms with E-state index in [1.165, 1.54) is 5.56 Å². The van der Waals surface area contributed by atoms with Gasteiger partial charge in [0.15, 0.2) is 5.82 Å². The lowest BCUT2D eigenvalue weighted by Crippen LogP contribution is -2.15. The molecule has 1 unspecified atom stereocenters. The van der Waals surface area contributed by atoms with E-state index in [0.29, 0.717) is 0 Å². The van der Waals surface area contributed by atoms with E-state index in [-0.39, 0.29) is 5.37 Å². The van der Waals surface area contributed by atoms with Gasteiger partial charge in [-0.25, -0.2) is 4.68 Å². The van der Waals surface area contributed by atoms with E-state index in [1.807, 2.05) is 41.1 Å². The predicted octanol–water partition coefficient (Wildman–Crippen LogP) is 4.26. The second-order valence-corrected chi connectivity index (χ2v) is 7.36. The van der Waals surface area contributed by atoms with E-state index >= 15 is 0 Å². The molecule has 0 saturated carbocycles. The van der Waals surface area contributed by atoms with E-state index in [4.69, 9.17) is 9.47 Å². The molecule has 27 heavy (non-hydrogen) atoms. The van der Waals surface area contributed by atoms with Gasteiger partial charge in [-0.1, -0.05) is 55.4 Å². The Morgan fingerprint density at radius 1 is 1.07 bits per heavy atom. The molecule has 1 aliphatic rings. The normalized spacial score (nSPS) is 15.3. The van der Waals surface area contributed by atoms with Crippen LogP contribution >= 0.6 is 11.8 Å². The van der Waals surface area contributed by atoms with Crippen molar-refractivity contribution in [2.75, 3.05) is 19.6 Å². The summed E-state index contributed by atoms with van der Waals surface area (Å²) in [6, 6.07) is 14.2. The summed E-state index contributed by atoms with van der Waals surface area (Å²) in [5.41, 5.74) is 6.80. The molecule has 1 atom stereocenters. The molecule has 0 amide bonds. The van der Waals surface area contributed by atoms with Crippen molar-refractivity contribution in [3.8, 4) is 22.9 Å². The van der Waals surface area contributed by atoms with Crippen LogP contribution in [0.25, 0.3) is 11.4 Å². The molecule has 1 aromatic heterocycles. The zero-order valence-corrected chi connectivity index (χ0v) is 16.4. The molecule has 140 valence electrons. The van der Waals surface area contributed by atoms with E-state index in [2.05, 4.69) is 28.6 Å². The molecule has 0 radical (unpaired) electrons. The number of hydrogen-bond donors (Lipinski definition) is 1. The van der Waals surface area contributed by atoms with Crippen molar-refractivity contribution < 1.29 is 9.47 Å². The maximum absolute atomic E-state index is 5.65. The van der Waals surface area contributed by atoms with E-state index in [0.717, 1.165) is 46.4 Å². The SMILES string of the molecule is CCCc1cc(C2Nn3c(nnc3-c3ccccc3)S2)c(OC)cc1OC. The summed E-state index contributed by atoms with van der Waals surface area (Å²) in [6.07, 6.45) is 2.01. The zero-order valence-electron chi connectivity index (χ0n) is 15.6. The molecule has 7 heteroatoms. The second-order valence-electron chi connectivity index (χ2n) is 6.29. The standard InChI is InChI=1S/C20H22N4O2S/c1-4-8-14-11-15(17(26-3)12-16(14)25-2)19-23-24-18(21-22-20(24)27-19)13-9-6-5-7-10-13/h5-7,9-12,19,23H,4,8H2,1-3H3. The Labute approximate surface area is 162 Å². The van der Waals surface area contributed by atoms with Crippen molar-refractivity contribution in [1.82, 2.24) is 14.9 Å². The van der Waals surface area contributed by atoms with Gasteiger partial charge in [0.25, 0.3) is 0 Å². The minimum Gasteiger partial charge on any atom is -0.496 e. The van der Waals surface area contributed by atoms with E-state index in [1.54, 1.807) is 26.0 Å².